The molecule has 148 valence electrons. The van der Waals surface area contributed by atoms with Crippen molar-refractivity contribution in [2.75, 3.05) is 0 Å². The summed E-state index contributed by atoms with van der Waals surface area (Å²) in [6.07, 6.45) is 6.45. The molecule has 1 nitrogen and oxygen atoms in total. The summed E-state index contributed by atoms with van der Waals surface area (Å²) in [5, 5.41) is 0. The molecular formula is C23H42OSi2. The smallest absolute Gasteiger partial charge is 0.241 e. The first kappa shape index (κ1) is 23.3. The minimum atomic E-state index is -1.71. The molecule has 1 aliphatic carbocycles. The molecule has 1 aliphatic rings. The molecule has 0 aromatic carbocycles. The molecule has 0 N–H and O–H groups in total. The molecule has 0 aromatic heterocycles. The van der Waals surface area contributed by atoms with Crippen LogP contribution in [0.2, 0.25) is 36.3 Å². The first-order valence-corrected chi connectivity index (χ1v) is 16.0. The van der Waals surface area contributed by atoms with Crippen LogP contribution in [0.15, 0.2) is 24.5 Å². The maximum Gasteiger partial charge on any atom is 0.241 e. The van der Waals surface area contributed by atoms with E-state index in [2.05, 4.69) is 98.3 Å². The van der Waals surface area contributed by atoms with Crippen LogP contribution < -0.4 is 0 Å². The summed E-state index contributed by atoms with van der Waals surface area (Å²) >= 11 is 0. The van der Waals surface area contributed by atoms with Crippen molar-refractivity contribution < 1.29 is 4.43 Å². The fourth-order valence-electron chi connectivity index (χ4n) is 4.72. The summed E-state index contributed by atoms with van der Waals surface area (Å²) in [5.41, 5.74) is 5.83. The van der Waals surface area contributed by atoms with Gasteiger partial charge in [0.05, 0.1) is 11.2 Å². The fourth-order valence-corrected chi connectivity index (χ4v) is 11.0. The lowest BCUT2D eigenvalue weighted by Crippen LogP contribution is -2.44. The molecule has 0 heterocycles. The van der Waals surface area contributed by atoms with Crippen molar-refractivity contribution in [3.63, 3.8) is 0 Å². The van der Waals surface area contributed by atoms with E-state index in [0.29, 0.717) is 22.5 Å². The molecule has 2 unspecified atom stereocenters. The zero-order chi connectivity index (χ0) is 20.3. The Kier molecular flexibility index (Phi) is 7.64. The molecule has 0 radical (unpaired) electrons. The van der Waals surface area contributed by atoms with Crippen molar-refractivity contribution in [1.29, 1.82) is 0 Å². The van der Waals surface area contributed by atoms with Gasteiger partial charge in [-0.3, -0.25) is 0 Å². The van der Waals surface area contributed by atoms with Crippen molar-refractivity contribution in [3.05, 3.63) is 24.5 Å². The Labute approximate surface area is 165 Å². The van der Waals surface area contributed by atoms with Crippen LogP contribution in [0.25, 0.3) is 0 Å². The topological polar surface area (TPSA) is 9.23 Å². The van der Waals surface area contributed by atoms with Gasteiger partial charge in [-0.2, -0.15) is 0 Å². The maximum atomic E-state index is 6.27. The third-order valence-electron chi connectivity index (χ3n) is 6.21. The Morgan fingerprint density at radius 3 is 1.96 bits per heavy atom. The summed E-state index contributed by atoms with van der Waals surface area (Å²) in [4.78, 5) is 0. The highest BCUT2D eigenvalue weighted by Gasteiger charge is 2.43. The highest BCUT2D eigenvalue weighted by atomic mass is 28.4. The summed E-state index contributed by atoms with van der Waals surface area (Å²) < 4.78 is 6.27. The van der Waals surface area contributed by atoms with Gasteiger partial charge in [-0.05, 0) is 54.7 Å². The molecule has 0 saturated carbocycles. The van der Waals surface area contributed by atoms with Gasteiger partial charge in [0.15, 0.2) is 0 Å². The number of hydrogen-bond acceptors (Lipinski definition) is 1. The molecule has 0 aromatic rings. The van der Waals surface area contributed by atoms with Crippen LogP contribution in [0, 0.1) is 22.8 Å². The molecule has 0 fully saturated rings. The molecule has 0 aliphatic heterocycles. The Morgan fingerprint density at radius 2 is 1.62 bits per heavy atom. The summed E-state index contributed by atoms with van der Waals surface area (Å²) in [6.45, 7) is 27.5. The van der Waals surface area contributed by atoms with Crippen LogP contribution in [0.1, 0.15) is 61.3 Å². The van der Waals surface area contributed by atoms with Gasteiger partial charge in [0.1, 0.15) is 8.07 Å². The van der Waals surface area contributed by atoms with Crippen molar-refractivity contribution in [2.24, 2.45) is 11.3 Å². The van der Waals surface area contributed by atoms with Gasteiger partial charge >= 0.3 is 0 Å². The number of rotatable bonds is 6. The SMILES string of the molecule is C=CC1(C#C[Si](C(C)C)(C(C)C)C(C)C)CCC(O[Si](C)(C)C)=CC1C. The van der Waals surface area contributed by atoms with E-state index in [1.165, 1.54) is 5.76 Å². The molecule has 26 heavy (non-hydrogen) atoms. The van der Waals surface area contributed by atoms with Gasteiger partial charge in [0, 0.05) is 6.42 Å². The van der Waals surface area contributed by atoms with Crippen LogP contribution in [-0.4, -0.2) is 16.4 Å². The maximum absolute atomic E-state index is 6.27. The van der Waals surface area contributed by atoms with Crippen LogP contribution >= 0.6 is 0 Å². The van der Waals surface area contributed by atoms with Gasteiger partial charge in [0.25, 0.3) is 0 Å². The normalized spacial score (nSPS) is 24.3. The number of allylic oxidation sites excluding steroid dienone is 3. The molecule has 0 amide bonds. The Balaban J connectivity index is 3.29. The average molecular weight is 391 g/mol. The van der Waals surface area contributed by atoms with E-state index in [0.717, 1.165) is 12.8 Å². The van der Waals surface area contributed by atoms with Crippen LogP contribution in [0.5, 0.6) is 0 Å². The van der Waals surface area contributed by atoms with E-state index in [-0.39, 0.29) is 5.41 Å². The quantitative estimate of drug-likeness (QED) is 0.258. The van der Waals surface area contributed by atoms with Crippen molar-refractivity contribution in [3.8, 4) is 11.5 Å². The van der Waals surface area contributed by atoms with Gasteiger partial charge in [-0.25, -0.2) is 0 Å². The minimum Gasteiger partial charge on any atom is -0.548 e. The molecule has 1 rings (SSSR count). The van der Waals surface area contributed by atoms with E-state index in [1.54, 1.807) is 0 Å². The van der Waals surface area contributed by atoms with Crippen LogP contribution in [-0.2, 0) is 4.43 Å². The highest BCUT2D eigenvalue weighted by molar-refractivity contribution is 6.90. The second-order valence-electron chi connectivity index (χ2n) is 10.0. The van der Waals surface area contributed by atoms with Gasteiger partial charge in [-0.1, -0.05) is 60.5 Å². The summed E-state index contributed by atoms with van der Waals surface area (Å²) in [6, 6.07) is 0. The zero-order valence-electron chi connectivity index (χ0n) is 19.0. The second-order valence-corrected chi connectivity index (χ2v) is 20.0. The molecule has 0 spiro atoms. The van der Waals surface area contributed by atoms with Crippen LogP contribution in [0.3, 0.4) is 0 Å². The van der Waals surface area contributed by atoms with E-state index in [4.69, 9.17) is 4.43 Å². The average Bonchev–Trinajstić information content (AvgIpc) is 2.47. The summed E-state index contributed by atoms with van der Waals surface area (Å²) in [7, 11) is -3.26. The summed E-state index contributed by atoms with van der Waals surface area (Å²) in [5.74, 6) is 5.34. The standard InChI is InChI=1S/C23H42OSi2/c1-12-23(14-13-22(17-21(23)8)24-25(9,10)11)15-16-26(18(2)3,19(4)5)20(6)7/h12,17-21H,1,13-14H2,2-11H3. The van der Waals surface area contributed by atoms with E-state index >= 15 is 0 Å². The largest absolute Gasteiger partial charge is 0.548 e. The van der Waals surface area contributed by atoms with E-state index < -0.39 is 16.4 Å². The molecule has 2 atom stereocenters. The van der Waals surface area contributed by atoms with Crippen molar-refractivity contribution in [1.82, 2.24) is 0 Å². The van der Waals surface area contributed by atoms with Gasteiger partial charge in [-0.15, -0.1) is 12.1 Å². The predicted octanol–water partition coefficient (Wildman–Crippen LogP) is 7.55. The monoisotopic (exact) mass is 390 g/mol. The molecule has 3 heteroatoms. The van der Waals surface area contributed by atoms with Crippen LogP contribution in [0.4, 0.5) is 0 Å². The molecule has 0 saturated heterocycles. The number of hydrogen-bond donors (Lipinski definition) is 0. The van der Waals surface area contributed by atoms with E-state index in [9.17, 15) is 0 Å². The first-order valence-electron chi connectivity index (χ1n) is 10.4. The predicted molar refractivity (Wildman–Crippen MR) is 122 cm³/mol. The molecular weight excluding hydrogens is 348 g/mol. The van der Waals surface area contributed by atoms with Crippen molar-refractivity contribution >= 4 is 16.4 Å². The lowest BCUT2D eigenvalue weighted by molar-refractivity contribution is 0.287. The first-order chi connectivity index (χ1) is 11.8. The Bertz CT molecular complexity index is 562. The fraction of sp³-hybridized carbons (Fsp3) is 0.739. The third-order valence-corrected chi connectivity index (χ3v) is 13.4. The zero-order valence-corrected chi connectivity index (χ0v) is 21.0. The van der Waals surface area contributed by atoms with E-state index in [1.807, 2.05) is 0 Å². The second kappa shape index (κ2) is 8.52. The minimum absolute atomic E-state index is 0.108. The Morgan fingerprint density at radius 1 is 1.12 bits per heavy atom. The lowest BCUT2D eigenvalue weighted by atomic mass is 9.70. The van der Waals surface area contributed by atoms with Gasteiger partial charge in [0.2, 0.25) is 8.32 Å². The highest BCUT2D eigenvalue weighted by Crippen LogP contribution is 2.44. The Hall–Kier alpha value is -0.726. The third kappa shape index (κ3) is 4.95. The van der Waals surface area contributed by atoms with Gasteiger partial charge < -0.3 is 4.43 Å². The lowest BCUT2D eigenvalue weighted by Gasteiger charge is -2.40. The molecule has 0 bridgehead atoms. The van der Waals surface area contributed by atoms with Crippen molar-refractivity contribution in [2.45, 2.75) is 97.6 Å².